The molecule has 0 aliphatic heterocycles. The lowest BCUT2D eigenvalue weighted by molar-refractivity contribution is 0.0600. The third kappa shape index (κ3) is 4.49. The molecule has 2 N–H and O–H groups in total. The number of rotatable bonds is 5. The zero-order chi connectivity index (χ0) is 24.5. The van der Waals surface area contributed by atoms with E-state index in [0.29, 0.717) is 55.4 Å². The average molecular weight is 507 g/mol. The van der Waals surface area contributed by atoms with Crippen LogP contribution >= 0.6 is 23.2 Å². The number of nitrogens with one attached hydrogen (secondary N) is 2. The van der Waals surface area contributed by atoms with Crippen LogP contribution in [-0.2, 0) is 4.74 Å². The van der Waals surface area contributed by atoms with Gasteiger partial charge >= 0.3 is 5.97 Å². The molecule has 0 aliphatic carbocycles. The maximum atomic E-state index is 12.5. The molecule has 0 saturated carbocycles. The first-order valence-electron chi connectivity index (χ1n) is 10.3. The van der Waals surface area contributed by atoms with Crippen LogP contribution in [0.3, 0.4) is 0 Å². The molecule has 0 unspecified atom stereocenters. The number of nitrogens with zero attached hydrogens (tertiary/aromatic N) is 2. The number of fused-ring (bicyclic) bond motifs is 3. The molecule has 5 rings (SSSR count). The highest BCUT2D eigenvalue weighted by molar-refractivity contribution is 6.37. The molecular weight excluding hydrogens is 491 g/mol. The summed E-state index contributed by atoms with van der Waals surface area (Å²) < 4.78 is 10.6. The summed E-state index contributed by atoms with van der Waals surface area (Å²) >= 11 is 12.0. The highest BCUT2D eigenvalue weighted by Crippen LogP contribution is 2.34. The number of ether oxygens (including phenoxy) is 1. The molecule has 0 aliphatic rings. The van der Waals surface area contributed by atoms with Gasteiger partial charge in [0.05, 0.1) is 28.6 Å². The summed E-state index contributed by atoms with van der Waals surface area (Å²) in [5.41, 5.74) is 2.94. The number of hydrogen-bond acceptors (Lipinski definition) is 7. The minimum absolute atomic E-state index is 0.267. The van der Waals surface area contributed by atoms with E-state index in [1.807, 2.05) is 0 Å². The summed E-state index contributed by atoms with van der Waals surface area (Å²) in [7, 11) is 1.33. The van der Waals surface area contributed by atoms with Crippen LogP contribution in [0.1, 0.15) is 20.7 Å². The molecule has 8 nitrogen and oxygen atoms in total. The predicted molar refractivity (Wildman–Crippen MR) is 135 cm³/mol. The van der Waals surface area contributed by atoms with Crippen LogP contribution in [0.5, 0.6) is 0 Å². The van der Waals surface area contributed by atoms with Crippen molar-refractivity contribution in [2.75, 3.05) is 17.7 Å². The first-order chi connectivity index (χ1) is 16.9. The van der Waals surface area contributed by atoms with Crippen molar-refractivity contribution in [2.24, 2.45) is 0 Å². The van der Waals surface area contributed by atoms with E-state index < -0.39 is 5.97 Å². The smallest absolute Gasteiger partial charge is 0.337 e. The summed E-state index contributed by atoms with van der Waals surface area (Å²) in [5, 5.41) is 8.07. The second-order valence-electron chi connectivity index (χ2n) is 7.49. The predicted octanol–water partition coefficient (Wildman–Crippen LogP) is 6.47. The molecule has 0 spiro atoms. The molecule has 0 bridgehead atoms. The van der Waals surface area contributed by atoms with Crippen molar-refractivity contribution in [2.45, 2.75) is 0 Å². The Bertz CT molecular complexity index is 1600. The quantitative estimate of drug-likeness (QED) is 0.263. The SMILES string of the molecule is COC(=O)c1ccc2oc3ncnc(Nc4ccc(NC(=O)c5ccc(Cl)cc5Cl)cc4)c3c2c1. The minimum Gasteiger partial charge on any atom is -0.465 e. The van der Waals surface area contributed by atoms with Crippen molar-refractivity contribution in [3.8, 4) is 0 Å². The molecule has 3 aromatic carbocycles. The van der Waals surface area contributed by atoms with Crippen LogP contribution in [0.15, 0.2) is 71.4 Å². The Morgan fingerprint density at radius 3 is 2.46 bits per heavy atom. The fourth-order valence-electron chi connectivity index (χ4n) is 3.59. The Morgan fingerprint density at radius 1 is 0.943 bits per heavy atom. The average Bonchev–Trinajstić information content (AvgIpc) is 3.23. The van der Waals surface area contributed by atoms with E-state index in [2.05, 4.69) is 20.6 Å². The Labute approximate surface area is 208 Å². The van der Waals surface area contributed by atoms with Gasteiger partial charge in [-0.1, -0.05) is 23.2 Å². The number of carbonyl (C=O) groups excluding carboxylic acids is 2. The van der Waals surface area contributed by atoms with Crippen molar-refractivity contribution in [1.82, 2.24) is 9.97 Å². The monoisotopic (exact) mass is 506 g/mol. The molecule has 35 heavy (non-hydrogen) atoms. The van der Waals surface area contributed by atoms with Gasteiger partial charge in [0, 0.05) is 21.8 Å². The van der Waals surface area contributed by atoms with Gasteiger partial charge in [-0.15, -0.1) is 0 Å². The lowest BCUT2D eigenvalue weighted by atomic mass is 10.1. The molecule has 5 aromatic rings. The molecule has 2 aromatic heterocycles. The molecule has 0 radical (unpaired) electrons. The lowest BCUT2D eigenvalue weighted by Gasteiger charge is -2.10. The van der Waals surface area contributed by atoms with E-state index >= 15 is 0 Å². The molecule has 0 atom stereocenters. The largest absolute Gasteiger partial charge is 0.465 e. The van der Waals surface area contributed by atoms with Gasteiger partial charge in [-0.05, 0) is 60.7 Å². The first kappa shape index (κ1) is 22.6. The second-order valence-corrected chi connectivity index (χ2v) is 8.33. The topological polar surface area (TPSA) is 106 Å². The first-order valence-corrected chi connectivity index (χ1v) is 11.1. The van der Waals surface area contributed by atoms with Crippen molar-refractivity contribution in [3.63, 3.8) is 0 Å². The third-order valence-corrected chi connectivity index (χ3v) is 5.82. The summed E-state index contributed by atoms with van der Waals surface area (Å²) in [4.78, 5) is 33.1. The number of halogens is 2. The Morgan fingerprint density at radius 2 is 1.71 bits per heavy atom. The summed E-state index contributed by atoms with van der Waals surface area (Å²) in [6, 6.07) is 16.7. The van der Waals surface area contributed by atoms with Crippen LogP contribution in [0.4, 0.5) is 17.2 Å². The Balaban J connectivity index is 1.41. The van der Waals surface area contributed by atoms with E-state index in [-0.39, 0.29) is 10.9 Å². The van der Waals surface area contributed by atoms with Crippen molar-refractivity contribution < 1.29 is 18.7 Å². The summed E-state index contributed by atoms with van der Waals surface area (Å²) in [6.45, 7) is 0. The maximum Gasteiger partial charge on any atom is 0.337 e. The van der Waals surface area contributed by atoms with Gasteiger partial charge < -0.3 is 19.8 Å². The number of esters is 1. The van der Waals surface area contributed by atoms with E-state index in [1.165, 1.54) is 19.5 Å². The van der Waals surface area contributed by atoms with Crippen LogP contribution in [-0.4, -0.2) is 29.0 Å². The van der Waals surface area contributed by atoms with Gasteiger partial charge in [0.25, 0.3) is 5.91 Å². The number of furan rings is 1. The third-order valence-electron chi connectivity index (χ3n) is 5.27. The second kappa shape index (κ2) is 9.25. The van der Waals surface area contributed by atoms with Gasteiger partial charge in [-0.25, -0.2) is 14.8 Å². The molecule has 2 heterocycles. The van der Waals surface area contributed by atoms with Crippen LogP contribution in [0.25, 0.3) is 22.1 Å². The maximum absolute atomic E-state index is 12.5. The van der Waals surface area contributed by atoms with E-state index in [1.54, 1.807) is 54.6 Å². The standard InChI is InChI=1S/C25H16Cl2N4O4/c1-34-25(33)13-2-9-20-18(10-13)21-22(28-12-29-24(21)35-20)30-15-4-6-16(7-5-15)31-23(32)17-8-3-14(26)11-19(17)27/h2-12H,1H3,(H,31,32)(H,28,29,30). The highest BCUT2D eigenvalue weighted by Gasteiger charge is 2.17. The molecule has 0 fully saturated rings. The molecule has 0 saturated heterocycles. The number of carbonyl (C=O) groups is 2. The van der Waals surface area contributed by atoms with E-state index in [4.69, 9.17) is 32.4 Å². The molecule has 174 valence electrons. The summed E-state index contributed by atoms with van der Waals surface area (Å²) in [5.74, 6) is -0.304. The van der Waals surface area contributed by atoms with Crippen LogP contribution in [0, 0.1) is 0 Å². The fraction of sp³-hybridized carbons (Fsp3) is 0.0400. The van der Waals surface area contributed by atoms with E-state index in [9.17, 15) is 9.59 Å². The van der Waals surface area contributed by atoms with Crippen LogP contribution in [0.2, 0.25) is 10.0 Å². The number of hydrogen-bond donors (Lipinski definition) is 2. The van der Waals surface area contributed by atoms with Gasteiger partial charge in [0.15, 0.2) is 0 Å². The Kier molecular flexibility index (Phi) is 5.98. The van der Waals surface area contributed by atoms with Gasteiger partial charge in [-0.3, -0.25) is 4.79 Å². The van der Waals surface area contributed by atoms with Crippen molar-refractivity contribution in [1.29, 1.82) is 0 Å². The van der Waals surface area contributed by atoms with E-state index in [0.717, 1.165) is 0 Å². The highest BCUT2D eigenvalue weighted by atomic mass is 35.5. The number of amides is 1. The van der Waals surface area contributed by atoms with Gasteiger partial charge in [-0.2, -0.15) is 0 Å². The number of methoxy groups -OCH3 is 1. The number of aromatic nitrogens is 2. The van der Waals surface area contributed by atoms with Gasteiger partial charge in [0.2, 0.25) is 5.71 Å². The number of anilines is 3. The summed E-state index contributed by atoms with van der Waals surface area (Å²) in [6.07, 6.45) is 1.39. The zero-order valence-corrected chi connectivity index (χ0v) is 19.6. The van der Waals surface area contributed by atoms with Crippen LogP contribution < -0.4 is 10.6 Å². The fourth-order valence-corrected chi connectivity index (χ4v) is 4.09. The van der Waals surface area contributed by atoms with Crippen molar-refractivity contribution >= 4 is 74.3 Å². The molecule has 1 amide bonds. The molecular formula is C25H16Cl2N4O4. The number of benzene rings is 3. The minimum atomic E-state index is -0.454. The van der Waals surface area contributed by atoms with Gasteiger partial charge in [0.1, 0.15) is 17.7 Å². The Hall–Kier alpha value is -4.14. The van der Waals surface area contributed by atoms with Crippen molar-refractivity contribution in [3.05, 3.63) is 88.2 Å². The molecule has 10 heteroatoms. The lowest BCUT2D eigenvalue weighted by Crippen LogP contribution is -2.12. The normalized spacial score (nSPS) is 10.9. The zero-order valence-electron chi connectivity index (χ0n) is 18.1.